The van der Waals surface area contributed by atoms with E-state index in [1.54, 1.807) is 31.4 Å². The summed E-state index contributed by atoms with van der Waals surface area (Å²) in [7, 11) is 5.55. The molecule has 0 saturated carbocycles. The van der Waals surface area contributed by atoms with Crippen LogP contribution in [0, 0.1) is 11.3 Å². The first-order valence-electron chi connectivity index (χ1n) is 7.64. The molecule has 0 fully saturated rings. The van der Waals surface area contributed by atoms with E-state index in [-0.39, 0.29) is 11.9 Å². The van der Waals surface area contributed by atoms with Crippen molar-refractivity contribution in [2.45, 2.75) is 6.04 Å². The van der Waals surface area contributed by atoms with Gasteiger partial charge in [0.15, 0.2) is 0 Å². The maximum atomic E-state index is 12.4. The summed E-state index contributed by atoms with van der Waals surface area (Å²) >= 11 is 0. The highest BCUT2D eigenvalue weighted by Crippen LogP contribution is 2.27. The number of ether oxygens (including phenoxy) is 1. The first-order chi connectivity index (χ1) is 11.6. The van der Waals surface area contributed by atoms with E-state index in [4.69, 9.17) is 10.00 Å². The van der Waals surface area contributed by atoms with Crippen molar-refractivity contribution in [2.24, 2.45) is 0 Å². The molecule has 1 atom stereocenters. The third-order valence-electron chi connectivity index (χ3n) is 3.83. The van der Waals surface area contributed by atoms with Crippen molar-refractivity contribution in [2.75, 3.05) is 27.7 Å². The summed E-state index contributed by atoms with van der Waals surface area (Å²) in [6, 6.07) is 16.5. The van der Waals surface area contributed by atoms with Crippen LogP contribution in [0.3, 0.4) is 0 Å². The monoisotopic (exact) mass is 323 g/mol. The number of nitriles is 1. The second kappa shape index (κ2) is 8.14. The van der Waals surface area contributed by atoms with Crippen LogP contribution in [0.15, 0.2) is 48.5 Å². The summed E-state index contributed by atoms with van der Waals surface area (Å²) in [4.78, 5) is 14.4. The largest absolute Gasteiger partial charge is 0.496 e. The number of benzene rings is 2. The predicted octanol–water partition coefficient (Wildman–Crippen LogP) is 2.60. The Hall–Kier alpha value is -2.84. The number of para-hydroxylation sites is 1. The lowest BCUT2D eigenvalue weighted by molar-refractivity contribution is 0.0941. The van der Waals surface area contributed by atoms with E-state index < -0.39 is 0 Å². The maximum Gasteiger partial charge on any atom is 0.251 e. The Bertz CT molecular complexity index is 750. The number of nitrogens with zero attached hydrogens (tertiary/aromatic N) is 2. The quantitative estimate of drug-likeness (QED) is 0.887. The summed E-state index contributed by atoms with van der Waals surface area (Å²) in [6.07, 6.45) is 0. The van der Waals surface area contributed by atoms with Crippen LogP contribution in [-0.2, 0) is 0 Å². The van der Waals surface area contributed by atoms with Gasteiger partial charge in [-0.2, -0.15) is 5.26 Å². The molecule has 0 bridgehead atoms. The molecular weight excluding hydrogens is 302 g/mol. The lowest BCUT2D eigenvalue weighted by Gasteiger charge is -2.26. The van der Waals surface area contributed by atoms with Gasteiger partial charge in [-0.25, -0.2) is 0 Å². The number of rotatable bonds is 6. The molecule has 0 heterocycles. The Labute approximate surface area is 142 Å². The molecule has 2 rings (SSSR count). The van der Waals surface area contributed by atoms with Crippen molar-refractivity contribution in [3.05, 3.63) is 65.2 Å². The molecule has 0 saturated heterocycles. The molecule has 5 nitrogen and oxygen atoms in total. The van der Waals surface area contributed by atoms with Crippen molar-refractivity contribution in [3.63, 3.8) is 0 Å². The highest BCUT2D eigenvalue weighted by Gasteiger charge is 2.19. The molecule has 0 aliphatic rings. The van der Waals surface area contributed by atoms with Crippen molar-refractivity contribution in [3.8, 4) is 11.8 Å². The SMILES string of the molecule is COc1ccccc1C(CNC(=O)c1cccc(C#N)c1)N(C)C. The van der Waals surface area contributed by atoms with Crippen LogP contribution in [0.1, 0.15) is 27.5 Å². The molecule has 0 aliphatic heterocycles. The summed E-state index contributed by atoms with van der Waals surface area (Å²) in [6.45, 7) is 0.434. The van der Waals surface area contributed by atoms with Crippen LogP contribution in [0.4, 0.5) is 0 Å². The summed E-state index contributed by atoms with van der Waals surface area (Å²) in [5.74, 6) is 0.589. The van der Waals surface area contributed by atoms with Crippen LogP contribution >= 0.6 is 0 Å². The summed E-state index contributed by atoms with van der Waals surface area (Å²) in [5, 5.41) is 11.9. The molecule has 1 N–H and O–H groups in total. The molecule has 0 spiro atoms. The van der Waals surface area contributed by atoms with Crippen molar-refractivity contribution in [1.82, 2.24) is 10.2 Å². The minimum absolute atomic E-state index is 0.0238. The standard InChI is InChI=1S/C19H21N3O2/c1-22(2)17(16-9-4-5-10-18(16)24-3)13-21-19(23)15-8-6-7-14(11-15)12-20/h4-11,17H,13H2,1-3H3,(H,21,23). The third-order valence-corrected chi connectivity index (χ3v) is 3.83. The van der Waals surface area contributed by atoms with Gasteiger partial charge in [-0.15, -0.1) is 0 Å². The maximum absolute atomic E-state index is 12.4. The van der Waals surface area contributed by atoms with Gasteiger partial charge in [0.1, 0.15) is 5.75 Å². The number of hydrogen-bond donors (Lipinski definition) is 1. The lowest BCUT2D eigenvalue weighted by atomic mass is 10.0. The van der Waals surface area contributed by atoms with Gasteiger partial charge in [-0.05, 0) is 38.4 Å². The van der Waals surface area contributed by atoms with Gasteiger partial charge in [0.05, 0.1) is 24.8 Å². The second-order valence-corrected chi connectivity index (χ2v) is 5.62. The Morgan fingerprint density at radius 2 is 2.00 bits per heavy atom. The smallest absolute Gasteiger partial charge is 0.251 e. The number of hydrogen-bond acceptors (Lipinski definition) is 4. The van der Waals surface area contributed by atoms with Gasteiger partial charge in [-0.3, -0.25) is 4.79 Å². The minimum Gasteiger partial charge on any atom is -0.496 e. The zero-order valence-corrected chi connectivity index (χ0v) is 14.1. The molecule has 1 amide bonds. The fourth-order valence-corrected chi connectivity index (χ4v) is 2.53. The number of likely N-dealkylation sites (N-methyl/N-ethyl adjacent to an activating group) is 1. The van der Waals surface area contributed by atoms with Gasteiger partial charge in [0.2, 0.25) is 0 Å². The molecule has 0 aromatic heterocycles. The average Bonchev–Trinajstić information content (AvgIpc) is 2.61. The Balaban J connectivity index is 2.14. The number of amides is 1. The summed E-state index contributed by atoms with van der Waals surface area (Å²) < 4.78 is 5.42. The molecule has 24 heavy (non-hydrogen) atoms. The zero-order chi connectivity index (χ0) is 17.5. The normalized spacial score (nSPS) is 11.6. The first-order valence-corrected chi connectivity index (χ1v) is 7.64. The van der Waals surface area contributed by atoms with Crippen molar-refractivity contribution < 1.29 is 9.53 Å². The molecule has 2 aromatic carbocycles. The second-order valence-electron chi connectivity index (χ2n) is 5.62. The number of nitrogens with one attached hydrogen (secondary N) is 1. The topological polar surface area (TPSA) is 65.4 Å². The highest BCUT2D eigenvalue weighted by atomic mass is 16.5. The van der Waals surface area contributed by atoms with Crippen LogP contribution in [-0.4, -0.2) is 38.6 Å². The number of carbonyl (C=O) groups excluding carboxylic acids is 1. The Morgan fingerprint density at radius 1 is 1.25 bits per heavy atom. The predicted molar refractivity (Wildman–Crippen MR) is 92.9 cm³/mol. The van der Waals surface area contributed by atoms with E-state index >= 15 is 0 Å². The lowest BCUT2D eigenvalue weighted by Crippen LogP contribution is -2.34. The average molecular weight is 323 g/mol. The molecular formula is C19H21N3O2. The van der Waals surface area contributed by atoms with Crippen LogP contribution in [0.5, 0.6) is 5.75 Å². The molecule has 124 valence electrons. The van der Waals surface area contributed by atoms with E-state index in [1.165, 1.54) is 0 Å². The fraction of sp³-hybridized carbons (Fsp3) is 0.263. The van der Waals surface area contributed by atoms with Gasteiger partial charge in [0.25, 0.3) is 5.91 Å². The highest BCUT2D eigenvalue weighted by molar-refractivity contribution is 5.94. The van der Waals surface area contributed by atoms with Crippen molar-refractivity contribution >= 4 is 5.91 Å². The number of methoxy groups -OCH3 is 1. The minimum atomic E-state index is -0.200. The van der Waals surface area contributed by atoms with E-state index in [1.807, 2.05) is 49.3 Å². The Morgan fingerprint density at radius 3 is 2.67 bits per heavy atom. The van der Waals surface area contributed by atoms with E-state index in [9.17, 15) is 4.79 Å². The third kappa shape index (κ3) is 4.12. The van der Waals surface area contributed by atoms with Gasteiger partial charge in [-0.1, -0.05) is 24.3 Å². The molecule has 1 unspecified atom stereocenters. The van der Waals surface area contributed by atoms with Gasteiger partial charge >= 0.3 is 0 Å². The van der Waals surface area contributed by atoms with Gasteiger partial charge < -0.3 is 15.0 Å². The van der Waals surface area contributed by atoms with Crippen molar-refractivity contribution in [1.29, 1.82) is 5.26 Å². The van der Waals surface area contributed by atoms with E-state index in [2.05, 4.69) is 5.32 Å². The first kappa shape index (κ1) is 17.5. The van der Waals surface area contributed by atoms with Crippen LogP contribution < -0.4 is 10.1 Å². The molecule has 5 heteroatoms. The zero-order valence-electron chi connectivity index (χ0n) is 14.1. The van der Waals surface area contributed by atoms with E-state index in [0.717, 1.165) is 11.3 Å². The van der Waals surface area contributed by atoms with Gasteiger partial charge in [0, 0.05) is 17.7 Å². The van der Waals surface area contributed by atoms with Crippen LogP contribution in [0.2, 0.25) is 0 Å². The fourth-order valence-electron chi connectivity index (χ4n) is 2.53. The summed E-state index contributed by atoms with van der Waals surface area (Å²) in [5.41, 5.74) is 1.96. The number of carbonyl (C=O) groups is 1. The molecule has 0 aliphatic carbocycles. The molecule has 0 radical (unpaired) electrons. The van der Waals surface area contributed by atoms with Crippen LogP contribution in [0.25, 0.3) is 0 Å². The van der Waals surface area contributed by atoms with E-state index in [0.29, 0.717) is 17.7 Å². The Kier molecular flexibility index (Phi) is 5.94. The molecule has 2 aromatic rings.